The van der Waals surface area contributed by atoms with Gasteiger partial charge in [-0.3, -0.25) is 9.59 Å². The van der Waals surface area contributed by atoms with Crippen molar-refractivity contribution in [2.75, 3.05) is 16.4 Å². The van der Waals surface area contributed by atoms with Crippen LogP contribution >= 0.6 is 23.4 Å². The van der Waals surface area contributed by atoms with Gasteiger partial charge < -0.3 is 10.6 Å². The molecule has 0 aliphatic rings. The molecule has 2 N–H and O–H groups in total. The van der Waals surface area contributed by atoms with Gasteiger partial charge in [-0.2, -0.15) is 5.10 Å². The fourth-order valence-corrected chi connectivity index (χ4v) is 3.48. The number of aromatic nitrogens is 2. The van der Waals surface area contributed by atoms with Crippen LogP contribution in [0.3, 0.4) is 0 Å². The van der Waals surface area contributed by atoms with Crippen LogP contribution in [0, 0.1) is 6.92 Å². The number of carbonyl (C=O) groups excluding carboxylic acids is 2. The molecule has 0 saturated heterocycles. The maximum Gasteiger partial charge on any atom is 0.238 e. The van der Waals surface area contributed by atoms with E-state index in [1.165, 1.54) is 11.8 Å². The number of thioether (sulfide) groups is 1. The first-order chi connectivity index (χ1) is 14.4. The van der Waals surface area contributed by atoms with Crippen molar-refractivity contribution in [3.8, 4) is 0 Å². The van der Waals surface area contributed by atoms with E-state index in [1.54, 1.807) is 23.9 Å². The molecule has 0 aliphatic carbocycles. The number of amides is 2. The molecule has 3 aromatic rings. The van der Waals surface area contributed by atoms with Gasteiger partial charge in [-0.15, -0.1) is 11.8 Å². The molecule has 8 heteroatoms. The van der Waals surface area contributed by atoms with Crippen LogP contribution in [0.15, 0.2) is 60.8 Å². The number of rotatable bonds is 8. The van der Waals surface area contributed by atoms with Crippen LogP contribution < -0.4 is 10.6 Å². The third-order valence-corrected chi connectivity index (χ3v) is 5.78. The Kier molecular flexibility index (Phi) is 7.54. The Morgan fingerprint density at radius 3 is 2.47 bits per heavy atom. The number of anilines is 2. The summed E-state index contributed by atoms with van der Waals surface area (Å²) in [5.74, 6) is 0.468. The van der Waals surface area contributed by atoms with Gasteiger partial charge in [0.2, 0.25) is 11.8 Å². The molecule has 1 aromatic heterocycles. The first-order valence-corrected chi connectivity index (χ1v) is 10.9. The normalized spacial score (nSPS) is 11.7. The van der Waals surface area contributed by atoms with E-state index in [9.17, 15) is 9.59 Å². The van der Waals surface area contributed by atoms with E-state index in [0.717, 1.165) is 16.8 Å². The first kappa shape index (κ1) is 21.9. The minimum Gasteiger partial charge on any atom is -0.325 e. The number of hydrogen-bond donors (Lipinski definition) is 2. The molecule has 156 valence electrons. The average molecular weight is 443 g/mol. The summed E-state index contributed by atoms with van der Waals surface area (Å²) in [6.07, 6.45) is 1.64. The molecule has 0 radical (unpaired) electrons. The van der Waals surface area contributed by atoms with Crippen molar-refractivity contribution in [2.45, 2.75) is 25.6 Å². The topological polar surface area (TPSA) is 76.0 Å². The number of nitrogens with zero attached hydrogens (tertiary/aromatic N) is 2. The largest absolute Gasteiger partial charge is 0.325 e. The van der Waals surface area contributed by atoms with E-state index < -0.39 is 5.25 Å². The Morgan fingerprint density at radius 2 is 1.77 bits per heavy atom. The summed E-state index contributed by atoms with van der Waals surface area (Å²) in [6.45, 7) is 4.28. The predicted octanol–water partition coefficient (Wildman–Crippen LogP) is 4.59. The molecule has 30 heavy (non-hydrogen) atoms. The van der Waals surface area contributed by atoms with Crippen LogP contribution in [0.5, 0.6) is 0 Å². The number of carbonyl (C=O) groups is 2. The highest BCUT2D eigenvalue weighted by molar-refractivity contribution is 8.01. The number of benzene rings is 2. The van der Waals surface area contributed by atoms with Crippen molar-refractivity contribution >= 4 is 46.7 Å². The van der Waals surface area contributed by atoms with Gasteiger partial charge in [0.05, 0.1) is 23.7 Å². The first-order valence-electron chi connectivity index (χ1n) is 9.46. The van der Waals surface area contributed by atoms with Gasteiger partial charge in [-0.1, -0.05) is 41.4 Å². The fraction of sp³-hybridized carbons (Fsp3) is 0.227. The molecule has 2 aromatic carbocycles. The monoisotopic (exact) mass is 442 g/mol. The maximum atomic E-state index is 12.5. The van der Waals surface area contributed by atoms with Gasteiger partial charge in [-0.25, -0.2) is 4.68 Å². The minimum absolute atomic E-state index is 0.142. The highest BCUT2D eigenvalue weighted by atomic mass is 35.5. The van der Waals surface area contributed by atoms with Crippen LogP contribution in [-0.4, -0.2) is 32.6 Å². The van der Waals surface area contributed by atoms with E-state index in [1.807, 2.05) is 55.5 Å². The van der Waals surface area contributed by atoms with Crippen molar-refractivity contribution in [1.29, 1.82) is 0 Å². The van der Waals surface area contributed by atoms with Crippen LogP contribution in [0.25, 0.3) is 0 Å². The average Bonchev–Trinajstić information content (AvgIpc) is 3.16. The molecule has 2 amide bonds. The smallest absolute Gasteiger partial charge is 0.238 e. The van der Waals surface area contributed by atoms with Gasteiger partial charge in [0.25, 0.3) is 0 Å². The summed E-state index contributed by atoms with van der Waals surface area (Å²) in [5.41, 5.74) is 2.89. The van der Waals surface area contributed by atoms with Crippen molar-refractivity contribution in [2.24, 2.45) is 0 Å². The number of hydrogen-bond acceptors (Lipinski definition) is 4. The lowest BCUT2D eigenvalue weighted by Crippen LogP contribution is -2.26. The summed E-state index contributed by atoms with van der Waals surface area (Å²) in [6, 6.07) is 16.8. The molecule has 0 aliphatic heterocycles. The lowest BCUT2D eigenvalue weighted by molar-refractivity contribution is -0.115. The van der Waals surface area contributed by atoms with E-state index in [0.29, 0.717) is 17.4 Å². The molecule has 3 rings (SSSR count). The summed E-state index contributed by atoms with van der Waals surface area (Å²) in [4.78, 5) is 24.7. The van der Waals surface area contributed by atoms with Crippen LogP contribution in [0.1, 0.15) is 18.1 Å². The predicted molar refractivity (Wildman–Crippen MR) is 123 cm³/mol. The van der Waals surface area contributed by atoms with Crippen LogP contribution in [0.2, 0.25) is 5.02 Å². The van der Waals surface area contributed by atoms with Gasteiger partial charge in [-0.05, 0) is 43.7 Å². The zero-order chi connectivity index (χ0) is 21.5. The van der Waals surface area contributed by atoms with Crippen molar-refractivity contribution in [1.82, 2.24) is 9.78 Å². The van der Waals surface area contributed by atoms with E-state index in [4.69, 9.17) is 11.6 Å². The third-order valence-electron chi connectivity index (χ3n) is 4.38. The molecule has 0 saturated carbocycles. The molecule has 1 atom stereocenters. The Labute approximate surface area is 185 Å². The van der Waals surface area contributed by atoms with Crippen LogP contribution in [-0.2, 0) is 16.1 Å². The standard InChI is InChI=1S/C22H23ClN4O2S/c1-15-3-9-19(10-4-15)25-21(28)14-30-16(2)22(29)26-20-11-12-24-27(20)13-17-5-7-18(23)8-6-17/h3-12,16H,13-14H2,1-2H3,(H,25,28)(H,26,29). The molecule has 0 spiro atoms. The lowest BCUT2D eigenvalue weighted by atomic mass is 10.2. The van der Waals surface area contributed by atoms with E-state index in [-0.39, 0.29) is 17.6 Å². The Balaban J connectivity index is 1.49. The fourth-order valence-electron chi connectivity index (χ4n) is 2.67. The van der Waals surface area contributed by atoms with Gasteiger partial charge >= 0.3 is 0 Å². The Morgan fingerprint density at radius 1 is 1.07 bits per heavy atom. The third kappa shape index (κ3) is 6.37. The number of nitrogens with one attached hydrogen (secondary N) is 2. The second kappa shape index (κ2) is 10.3. The Hall–Kier alpha value is -2.77. The maximum absolute atomic E-state index is 12.5. The van der Waals surface area contributed by atoms with Gasteiger partial charge in [0.1, 0.15) is 5.82 Å². The van der Waals surface area contributed by atoms with Gasteiger partial charge in [0, 0.05) is 16.8 Å². The highest BCUT2D eigenvalue weighted by Crippen LogP contribution is 2.17. The van der Waals surface area contributed by atoms with Crippen molar-refractivity contribution in [3.05, 3.63) is 76.9 Å². The molecule has 0 fully saturated rings. The summed E-state index contributed by atoms with van der Waals surface area (Å²) >= 11 is 7.20. The minimum atomic E-state index is -0.396. The lowest BCUT2D eigenvalue weighted by Gasteiger charge is -2.13. The van der Waals surface area contributed by atoms with Gasteiger partial charge in [0.15, 0.2) is 0 Å². The molecular weight excluding hydrogens is 420 g/mol. The second-order valence-electron chi connectivity index (χ2n) is 6.86. The molecule has 1 heterocycles. The van der Waals surface area contributed by atoms with Crippen LogP contribution in [0.4, 0.5) is 11.5 Å². The SMILES string of the molecule is Cc1ccc(NC(=O)CSC(C)C(=O)Nc2ccnn2Cc2ccc(Cl)cc2)cc1. The van der Waals surface area contributed by atoms with Crippen molar-refractivity contribution < 1.29 is 9.59 Å². The van der Waals surface area contributed by atoms with E-state index in [2.05, 4.69) is 15.7 Å². The molecule has 1 unspecified atom stereocenters. The van der Waals surface area contributed by atoms with E-state index >= 15 is 0 Å². The summed E-state index contributed by atoms with van der Waals surface area (Å²) in [5, 5.41) is 10.3. The highest BCUT2D eigenvalue weighted by Gasteiger charge is 2.17. The second-order valence-corrected chi connectivity index (χ2v) is 8.62. The number of aryl methyl sites for hydroxylation is 1. The zero-order valence-corrected chi connectivity index (χ0v) is 18.3. The summed E-state index contributed by atoms with van der Waals surface area (Å²) < 4.78 is 1.71. The molecule has 0 bridgehead atoms. The number of halogens is 1. The quantitative estimate of drug-likeness (QED) is 0.534. The zero-order valence-electron chi connectivity index (χ0n) is 16.8. The molecule has 6 nitrogen and oxygen atoms in total. The summed E-state index contributed by atoms with van der Waals surface area (Å²) in [7, 11) is 0. The molecular formula is C22H23ClN4O2S. The van der Waals surface area contributed by atoms with Crippen molar-refractivity contribution in [3.63, 3.8) is 0 Å². The Bertz CT molecular complexity index is 1000.